The van der Waals surface area contributed by atoms with Crippen LogP contribution in [0.3, 0.4) is 0 Å². The molecule has 0 amide bonds. The van der Waals surface area contributed by atoms with Gasteiger partial charge in [0.1, 0.15) is 7.14 Å². The summed E-state index contributed by atoms with van der Waals surface area (Å²) in [6.07, 6.45) is 0.180. The lowest BCUT2D eigenvalue weighted by atomic mass is 10.0. The molecule has 0 unspecified atom stereocenters. The molecule has 0 aliphatic carbocycles. The van der Waals surface area contributed by atoms with Crippen LogP contribution in [0.15, 0.2) is 103 Å². The van der Waals surface area contributed by atoms with Gasteiger partial charge in [-0.05, 0) is 25.3 Å². The van der Waals surface area contributed by atoms with E-state index in [2.05, 4.69) is 13.5 Å². The van der Waals surface area contributed by atoms with Crippen LogP contribution in [0.2, 0.25) is 0 Å². The van der Waals surface area contributed by atoms with E-state index in [1.54, 1.807) is 6.92 Å². The average molecular weight is 449 g/mol. The smallest absolute Gasteiger partial charge is 0.149 e. The Hall–Kier alpha value is -2.45. The Morgan fingerprint density at radius 2 is 1.38 bits per heavy atom. The van der Waals surface area contributed by atoms with E-state index in [4.69, 9.17) is 4.74 Å². The van der Waals surface area contributed by atoms with Gasteiger partial charge >= 0.3 is 0 Å². The molecule has 32 heavy (non-hydrogen) atoms. The number of hydrogen-bond donors (Lipinski definition) is 1. The summed E-state index contributed by atoms with van der Waals surface area (Å²) < 4.78 is 21.2. The third-order valence-corrected chi connectivity index (χ3v) is 9.46. The second kappa shape index (κ2) is 11.4. The van der Waals surface area contributed by atoms with Gasteiger partial charge in [0, 0.05) is 10.6 Å². The second-order valence-electron chi connectivity index (χ2n) is 8.25. The summed E-state index contributed by atoms with van der Waals surface area (Å²) in [4.78, 5) is 0. The Labute approximate surface area is 192 Å². The van der Waals surface area contributed by atoms with Crippen LogP contribution in [0.4, 0.5) is 0 Å². The van der Waals surface area contributed by atoms with Crippen molar-refractivity contribution < 1.29 is 14.4 Å². The molecule has 3 rings (SSSR count). The number of aliphatic hydroxyl groups excluding tert-OH is 1. The van der Waals surface area contributed by atoms with Gasteiger partial charge < -0.3 is 14.4 Å². The maximum atomic E-state index is 14.9. The van der Waals surface area contributed by atoms with E-state index in [1.807, 2.05) is 91.0 Å². The van der Waals surface area contributed by atoms with Crippen molar-refractivity contribution in [2.24, 2.45) is 0 Å². The van der Waals surface area contributed by atoms with E-state index in [9.17, 15) is 9.67 Å². The van der Waals surface area contributed by atoms with Crippen LogP contribution in [0.5, 0.6) is 0 Å². The fourth-order valence-corrected chi connectivity index (χ4v) is 7.52. The third kappa shape index (κ3) is 5.66. The van der Waals surface area contributed by atoms with Gasteiger partial charge in [-0.25, -0.2) is 0 Å². The summed E-state index contributed by atoms with van der Waals surface area (Å²) in [6, 6.07) is 29.1. The van der Waals surface area contributed by atoms with Crippen LogP contribution in [-0.2, 0) is 15.9 Å². The maximum absolute atomic E-state index is 14.9. The van der Waals surface area contributed by atoms with Crippen LogP contribution in [0.1, 0.15) is 32.3 Å². The zero-order valence-electron chi connectivity index (χ0n) is 18.9. The second-order valence-corrected chi connectivity index (χ2v) is 11.3. The molecule has 168 valence electrons. The highest BCUT2D eigenvalue weighted by molar-refractivity contribution is 7.79. The summed E-state index contributed by atoms with van der Waals surface area (Å²) in [7, 11) is -3.20. The van der Waals surface area contributed by atoms with E-state index >= 15 is 0 Å². The van der Waals surface area contributed by atoms with E-state index < -0.39 is 18.9 Å². The van der Waals surface area contributed by atoms with Crippen molar-refractivity contribution in [1.29, 1.82) is 0 Å². The van der Waals surface area contributed by atoms with Gasteiger partial charge in [-0.1, -0.05) is 110 Å². The van der Waals surface area contributed by atoms with E-state index in [1.165, 1.54) is 0 Å². The van der Waals surface area contributed by atoms with Gasteiger partial charge in [-0.2, -0.15) is 0 Å². The summed E-state index contributed by atoms with van der Waals surface area (Å²) >= 11 is 0. The Kier molecular flexibility index (Phi) is 8.64. The van der Waals surface area contributed by atoms with Crippen molar-refractivity contribution in [3.05, 3.63) is 109 Å². The normalized spacial score (nSPS) is 14.5. The van der Waals surface area contributed by atoms with E-state index in [0.717, 1.165) is 22.6 Å². The molecule has 0 bridgehead atoms. The first kappa shape index (κ1) is 24.2. The van der Waals surface area contributed by atoms with E-state index in [-0.39, 0.29) is 6.10 Å². The first-order valence-corrected chi connectivity index (χ1v) is 12.9. The van der Waals surface area contributed by atoms with Crippen LogP contribution < -0.4 is 10.6 Å². The molecule has 4 heteroatoms. The van der Waals surface area contributed by atoms with Crippen LogP contribution in [0.25, 0.3) is 0 Å². The molecule has 0 saturated heterocycles. The van der Waals surface area contributed by atoms with Crippen LogP contribution in [0, 0.1) is 0 Å². The van der Waals surface area contributed by atoms with Gasteiger partial charge in [0.15, 0.2) is 0 Å². The highest BCUT2D eigenvalue weighted by atomic mass is 31.2. The predicted molar refractivity (Wildman–Crippen MR) is 134 cm³/mol. The minimum atomic E-state index is -3.20. The zero-order valence-corrected chi connectivity index (χ0v) is 19.8. The first-order valence-electron chi connectivity index (χ1n) is 11.2. The number of ether oxygens (including phenoxy) is 1. The van der Waals surface area contributed by atoms with Gasteiger partial charge in [0.2, 0.25) is 0 Å². The minimum absolute atomic E-state index is 0.144. The number of rotatable bonds is 11. The number of aliphatic hydroxyl groups is 1. The molecule has 3 nitrogen and oxygen atoms in total. The summed E-state index contributed by atoms with van der Waals surface area (Å²) in [6.45, 7) is 8.33. The van der Waals surface area contributed by atoms with Crippen molar-refractivity contribution in [1.82, 2.24) is 0 Å². The van der Waals surface area contributed by atoms with Gasteiger partial charge in [0.05, 0.1) is 24.5 Å². The lowest BCUT2D eigenvalue weighted by Gasteiger charge is -2.34. The van der Waals surface area contributed by atoms with Crippen molar-refractivity contribution in [2.45, 2.75) is 51.2 Å². The molecular formula is C28H33O3P. The monoisotopic (exact) mass is 448 g/mol. The molecule has 1 N–H and O–H groups in total. The molecule has 0 heterocycles. The lowest BCUT2D eigenvalue weighted by molar-refractivity contribution is 0.0253. The third-order valence-electron chi connectivity index (χ3n) is 5.90. The molecule has 0 spiro atoms. The quantitative estimate of drug-likeness (QED) is 0.303. The van der Waals surface area contributed by atoms with Crippen molar-refractivity contribution in [2.75, 3.05) is 0 Å². The average Bonchev–Trinajstić information content (AvgIpc) is 2.85. The molecule has 0 radical (unpaired) electrons. The molecule has 0 aliphatic heterocycles. The molecule has 0 fully saturated rings. The fourth-order valence-electron chi connectivity index (χ4n) is 4.05. The number of benzene rings is 3. The van der Waals surface area contributed by atoms with Gasteiger partial charge in [-0.15, -0.1) is 0 Å². The Morgan fingerprint density at radius 3 is 1.81 bits per heavy atom. The molecule has 3 atom stereocenters. The lowest BCUT2D eigenvalue weighted by Crippen LogP contribution is -2.38. The molecule has 0 aliphatic rings. The van der Waals surface area contributed by atoms with Crippen LogP contribution >= 0.6 is 7.14 Å². The maximum Gasteiger partial charge on any atom is 0.149 e. The van der Waals surface area contributed by atoms with Gasteiger partial charge in [0.25, 0.3) is 0 Å². The van der Waals surface area contributed by atoms with Gasteiger partial charge in [-0.3, -0.25) is 0 Å². The largest absolute Gasteiger partial charge is 0.388 e. The first-order chi connectivity index (χ1) is 15.5. The number of hydrogen-bond acceptors (Lipinski definition) is 3. The Balaban J connectivity index is 1.99. The summed E-state index contributed by atoms with van der Waals surface area (Å²) in [5.41, 5.74) is 1.17. The molecule has 0 saturated carbocycles. The summed E-state index contributed by atoms with van der Waals surface area (Å²) in [5, 5.41) is 12.7. The molecule has 3 aromatic carbocycles. The van der Waals surface area contributed by atoms with E-state index in [0.29, 0.717) is 18.6 Å². The standard InChI is InChI=1S/C28H33O3P/c1-4-24(31-21-23-14-8-5-9-15-23)20-27(28(29)22(2)3)32(30,25-16-10-6-11-17-25)26-18-12-7-13-19-26/h5-19,24,27-29H,2,4,20-21H2,1,3H3/t24-,27+,28-/m1/s1. The minimum Gasteiger partial charge on any atom is -0.388 e. The molecule has 0 aromatic heterocycles. The molecular weight excluding hydrogens is 415 g/mol. The van der Waals surface area contributed by atoms with Crippen molar-refractivity contribution in [3.8, 4) is 0 Å². The topological polar surface area (TPSA) is 46.5 Å². The summed E-state index contributed by atoms with van der Waals surface area (Å²) in [5.74, 6) is 0. The molecule has 3 aromatic rings. The highest BCUT2D eigenvalue weighted by Crippen LogP contribution is 2.52. The van der Waals surface area contributed by atoms with Crippen molar-refractivity contribution in [3.63, 3.8) is 0 Å². The highest BCUT2D eigenvalue weighted by Gasteiger charge is 2.42. The van der Waals surface area contributed by atoms with Crippen LogP contribution in [-0.4, -0.2) is 23.0 Å². The Bertz CT molecular complexity index is 975. The fraction of sp³-hybridized carbons (Fsp3) is 0.286. The van der Waals surface area contributed by atoms with Crippen molar-refractivity contribution >= 4 is 17.8 Å². The predicted octanol–water partition coefficient (Wildman–Crippen LogP) is 5.69. The Morgan fingerprint density at radius 1 is 0.906 bits per heavy atom. The SMILES string of the molecule is C=C(C)[C@@H](O)[C@H](C[C@@H](CC)OCc1ccccc1)P(=O)(c1ccccc1)c1ccccc1. The zero-order chi connectivity index (χ0) is 23.0.